The average molecular weight is 156 g/mol. The predicted octanol–water partition coefficient (Wildman–Crippen LogP) is 1.98. The number of ether oxygens (including phenoxy) is 1. The Morgan fingerprint density at radius 1 is 1.27 bits per heavy atom. The molecule has 0 saturated heterocycles. The molecule has 1 aliphatic rings. The third-order valence-electron chi connectivity index (χ3n) is 2.80. The van der Waals surface area contributed by atoms with Gasteiger partial charge in [0.05, 0.1) is 0 Å². The lowest BCUT2D eigenvalue weighted by Crippen LogP contribution is -2.26. The van der Waals surface area contributed by atoms with Crippen molar-refractivity contribution in [3.05, 3.63) is 0 Å². The Morgan fingerprint density at radius 2 is 2.00 bits per heavy atom. The first-order chi connectivity index (χ1) is 5.24. The van der Waals surface area contributed by atoms with Crippen molar-refractivity contribution in [1.82, 2.24) is 0 Å². The van der Waals surface area contributed by atoms with E-state index in [4.69, 9.17) is 4.74 Å². The van der Waals surface area contributed by atoms with Crippen molar-refractivity contribution in [2.45, 2.75) is 39.2 Å². The van der Waals surface area contributed by atoms with E-state index in [0.717, 1.165) is 18.8 Å². The molecule has 3 atom stereocenters. The van der Waals surface area contributed by atoms with Crippen LogP contribution in [0.15, 0.2) is 0 Å². The van der Waals surface area contributed by atoms with Crippen LogP contribution in [0.25, 0.3) is 0 Å². The highest BCUT2D eigenvalue weighted by atomic mass is 16.5. The Hall–Kier alpha value is -0.530. The molecule has 0 aromatic carbocycles. The molecule has 0 aliphatic heterocycles. The Kier molecular flexibility index (Phi) is 2.92. The molecule has 1 saturated carbocycles. The topological polar surface area (TPSA) is 26.3 Å². The molecule has 64 valence electrons. The summed E-state index contributed by atoms with van der Waals surface area (Å²) in [5.74, 6) is 1.50. The molecule has 0 spiro atoms. The second-order valence-corrected chi connectivity index (χ2v) is 3.62. The van der Waals surface area contributed by atoms with Crippen LogP contribution in [0.3, 0.4) is 0 Å². The molecule has 0 N–H and O–H groups in total. The van der Waals surface area contributed by atoms with Gasteiger partial charge >= 0.3 is 0 Å². The number of carbonyl (C=O) groups is 1. The molecule has 3 unspecified atom stereocenters. The van der Waals surface area contributed by atoms with Crippen molar-refractivity contribution in [3.8, 4) is 0 Å². The fraction of sp³-hybridized carbons (Fsp3) is 0.889. The van der Waals surface area contributed by atoms with Gasteiger partial charge in [0.1, 0.15) is 6.10 Å². The molecule has 0 aromatic rings. The summed E-state index contributed by atoms with van der Waals surface area (Å²) < 4.78 is 4.92. The Morgan fingerprint density at radius 3 is 2.55 bits per heavy atom. The molecule has 0 bridgehead atoms. The molecular weight excluding hydrogens is 140 g/mol. The molecule has 0 amide bonds. The molecule has 11 heavy (non-hydrogen) atoms. The summed E-state index contributed by atoms with van der Waals surface area (Å²) in [6, 6.07) is 0. The fourth-order valence-electron chi connectivity index (χ4n) is 1.70. The molecule has 2 nitrogen and oxygen atoms in total. The van der Waals surface area contributed by atoms with E-state index in [-0.39, 0.29) is 6.10 Å². The molecule has 0 heterocycles. The van der Waals surface area contributed by atoms with Gasteiger partial charge < -0.3 is 4.74 Å². The summed E-state index contributed by atoms with van der Waals surface area (Å²) >= 11 is 0. The summed E-state index contributed by atoms with van der Waals surface area (Å²) in [7, 11) is 0. The van der Waals surface area contributed by atoms with Crippen molar-refractivity contribution < 1.29 is 9.53 Å². The van der Waals surface area contributed by atoms with E-state index < -0.39 is 0 Å². The van der Waals surface area contributed by atoms with Crippen LogP contribution in [0.4, 0.5) is 0 Å². The standard InChI is InChI=1S/C9H16O2/c1-7-3-4-9(11-6-10)5-8(7)2/h6-9H,3-5H2,1-2H3. The van der Waals surface area contributed by atoms with Gasteiger partial charge in [0, 0.05) is 0 Å². The summed E-state index contributed by atoms with van der Waals surface area (Å²) in [4.78, 5) is 10.0. The minimum absolute atomic E-state index is 0.193. The lowest BCUT2D eigenvalue weighted by molar-refractivity contribution is -0.136. The number of hydrogen-bond donors (Lipinski definition) is 0. The smallest absolute Gasteiger partial charge is 0.293 e. The maximum absolute atomic E-state index is 10.0. The van der Waals surface area contributed by atoms with Gasteiger partial charge in [-0.2, -0.15) is 0 Å². The van der Waals surface area contributed by atoms with E-state index >= 15 is 0 Å². The zero-order chi connectivity index (χ0) is 8.27. The second-order valence-electron chi connectivity index (χ2n) is 3.62. The van der Waals surface area contributed by atoms with Gasteiger partial charge in [-0.25, -0.2) is 0 Å². The Bertz CT molecular complexity index is 134. The van der Waals surface area contributed by atoms with E-state index in [1.54, 1.807) is 0 Å². The first-order valence-corrected chi connectivity index (χ1v) is 4.33. The maximum atomic E-state index is 10.0. The van der Waals surface area contributed by atoms with Crippen LogP contribution in [-0.2, 0) is 9.53 Å². The van der Waals surface area contributed by atoms with Crippen LogP contribution in [0, 0.1) is 11.8 Å². The van der Waals surface area contributed by atoms with Gasteiger partial charge in [-0.1, -0.05) is 13.8 Å². The third-order valence-corrected chi connectivity index (χ3v) is 2.80. The lowest BCUT2D eigenvalue weighted by Gasteiger charge is -2.30. The van der Waals surface area contributed by atoms with Crippen molar-refractivity contribution in [2.75, 3.05) is 0 Å². The normalized spacial score (nSPS) is 38.2. The van der Waals surface area contributed by atoms with Crippen LogP contribution in [0.5, 0.6) is 0 Å². The van der Waals surface area contributed by atoms with Crippen molar-refractivity contribution >= 4 is 6.47 Å². The van der Waals surface area contributed by atoms with E-state index in [1.165, 1.54) is 6.42 Å². The predicted molar refractivity (Wildman–Crippen MR) is 43.1 cm³/mol. The maximum Gasteiger partial charge on any atom is 0.293 e. The zero-order valence-corrected chi connectivity index (χ0v) is 7.25. The summed E-state index contributed by atoms with van der Waals surface area (Å²) in [5, 5.41) is 0. The third kappa shape index (κ3) is 2.21. The second kappa shape index (κ2) is 3.74. The van der Waals surface area contributed by atoms with Gasteiger partial charge in [0.25, 0.3) is 6.47 Å². The molecule has 2 heteroatoms. The highest BCUT2D eigenvalue weighted by molar-refractivity contribution is 5.37. The van der Waals surface area contributed by atoms with Gasteiger partial charge in [-0.05, 0) is 31.1 Å². The van der Waals surface area contributed by atoms with Gasteiger partial charge in [0.15, 0.2) is 0 Å². The molecule has 0 radical (unpaired) electrons. The Balaban J connectivity index is 2.33. The van der Waals surface area contributed by atoms with Crippen LogP contribution < -0.4 is 0 Å². The zero-order valence-electron chi connectivity index (χ0n) is 7.25. The van der Waals surface area contributed by atoms with E-state index in [0.29, 0.717) is 12.4 Å². The van der Waals surface area contributed by atoms with E-state index in [1.807, 2.05) is 0 Å². The molecule has 1 aliphatic carbocycles. The summed E-state index contributed by atoms with van der Waals surface area (Å²) in [5.41, 5.74) is 0. The van der Waals surface area contributed by atoms with Crippen LogP contribution in [-0.4, -0.2) is 12.6 Å². The van der Waals surface area contributed by atoms with Crippen LogP contribution >= 0.6 is 0 Å². The SMILES string of the molecule is CC1CCC(OC=O)CC1C. The van der Waals surface area contributed by atoms with Gasteiger partial charge in [-0.3, -0.25) is 4.79 Å². The van der Waals surface area contributed by atoms with Crippen molar-refractivity contribution in [1.29, 1.82) is 0 Å². The van der Waals surface area contributed by atoms with Gasteiger partial charge in [0.2, 0.25) is 0 Å². The summed E-state index contributed by atoms with van der Waals surface area (Å²) in [6.07, 6.45) is 3.47. The molecular formula is C9H16O2. The first-order valence-electron chi connectivity index (χ1n) is 4.33. The highest BCUT2D eigenvalue weighted by Gasteiger charge is 2.24. The first kappa shape index (κ1) is 8.57. The van der Waals surface area contributed by atoms with Crippen LogP contribution in [0.1, 0.15) is 33.1 Å². The lowest BCUT2D eigenvalue weighted by atomic mass is 9.80. The number of hydrogen-bond acceptors (Lipinski definition) is 2. The van der Waals surface area contributed by atoms with E-state index in [2.05, 4.69) is 13.8 Å². The Labute approximate surface area is 67.9 Å². The monoisotopic (exact) mass is 156 g/mol. The van der Waals surface area contributed by atoms with Crippen molar-refractivity contribution in [3.63, 3.8) is 0 Å². The average Bonchev–Trinajstić information content (AvgIpc) is 1.98. The quantitative estimate of drug-likeness (QED) is 0.571. The number of carbonyl (C=O) groups excluding carboxylic acids is 1. The highest BCUT2D eigenvalue weighted by Crippen LogP contribution is 2.30. The van der Waals surface area contributed by atoms with Crippen LogP contribution in [0.2, 0.25) is 0 Å². The van der Waals surface area contributed by atoms with Crippen molar-refractivity contribution in [2.24, 2.45) is 11.8 Å². The largest absolute Gasteiger partial charge is 0.465 e. The minimum Gasteiger partial charge on any atom is -0.465 e. The molecule has 0 aromatic heterocycles. The molecule has 1 fully saturated rings. The molecule has 1 rings (SSSR count). The fourth-order valence-corrected chi connectivity index (χ4v) is 1.70. The summed E-state index contributed by atoms with van der Waals surface area (Å²) in [6.45, 7) is 5.07. The number of rotatable bonds is 2. The minimum atomic E-state index is 0.193. The van der Waals surface area contributed by atoms with E-state index in [9.17, 15) is 4.79 Å². The van der Waals surface area contributed by atoms with Gasteiger partial charge in [-0.15, -0.1) is 0 Å².